The molecular weight excluding hydrogens is 208 g/mol. The number of carbonyl (C=O) groups excluding carboxylic acids is 1. The van der Waals surface area contributed by atoms with E-state index in [1.165, 1.54) is 6.07 Å². The van der Waals surface area contributed by atoms with Crippen LogP contribution in [-0.4, -0.2) is 24.4 Å². The Bertz CT molecular complexity index is 475. The predicted octanol–water partition coefficient (Wildman–Crippen LogP) is 0.760. The number of aldehydes is 1. The van der Waals surface area contributed by atoms with Gasteiger partial charge in [-0.2, -0.15) is 8.42 Å². The van der Waals surface area contributed by atoms with Crippen molar-refractivity contribution in [3.63, 3.8) is 0 Å². The summed E-state index contributed by atoms with van der Waals surface area (Å²) in [5.41, 5.74) is 0.287. The zero-order valence-electron chi connectivity index (χ0n) is 7.26. The van der Waals surface area contributed by atoms with Gasteiger partial charge in [-0.05, 0) is 24.6 Å². The average Bonchev–Trinajstić information content (AvgIpc) is 2.06. The van der Waals surface area contributed by atoms with Crippen LogP contribution >= 0.6 is 0 Å². The van der Waals surface area contributed by atoms with Crippen molar-refractivity contribution in [1.29, 1.82) is 0 Å². The largest absolute Gasteiger partial charge is 0.506 e. The van der Waals surface area contributed by atoms with E-state index in [1.807, 2.05) is 0 Å². The fraction of sp³-hybridized carbons (Fsp3) is 0.125. The van der Waals surface area contributed by atoms with Crippen LogP contribution < -0.4 is 0 Å². The minimum absolute atomic E-state index is 0.169. The number of phenols is 1. The lowest BCUT2D eigenvalue weighted by Crippen LogP contribution is -2.01. The van der Waals surface area contributed by atoms with E-state index in [9.17, 15) is 18.3 Å². The molecule has 0 aromatic heterocycles. The highest BCUT2D eigenvalue weighted by atomic mass is 32.2. The smallest absolute Gasteiger partial charge is 0.298 e. The molecular formula is C8H8O5S. The first-order valence-electron chi connectivity index (χ1n) is 3.62. The van der Waals surface area contributed by atoms with Crippen LogP contribution in [0.5, 0.6) is 5.75 Å². The van der Waals surface area contributed by atoms with Crippen LogP contribution in [0.25, 0.3) is 0 Å². The maximum atomic E-state index is 10.8. The van der Waals surface area contributed by atoms with E-state index in [2.05, 4.69) is 0 Å². The molecule has 0 heterocycles. The van der Waals surface area contributed by atoms with E-state index in [0.29, 0.717) is 11.8 Å². The first-order valence-corrected chi connectivity index (χ1v) is 5.06. The summed E-state index contributed by atoms with van der Waals surface area (Å²) in [6, 6.07) is 2.40. The minimum Gasteiger partial charge on any atom is -0.506 e. The Balaban J connectivity index is 3.61. The Morgan fingerprint density at radius 3 is 2.36 bits per heavy atom. The number of rotatable bonds is 2. The van der Waals surface area contributed by atoms with Crippen LogP contribution in [0.15, 0.2) is 17.0 Å². The topological polar surface area (TPSA) is 91.7 Å². The monoisotopic (exact) mass is 216 g/mol. The molecule has 5 nitrogen and oxygen atoms in total. The maximum Gasteiger partial charge on any atom is 0.298 e. The highest BCUT2D eigenvalue weighted by Crippen LogP contribution is 2.26. The number of aryl methyl sites for hydroxylation is 1. The summed E-state index contributed by atoms with van der Waals surface area (Å²) in [5, 5.41) is 9.28. The number of benzene rings is 1. The van der Waals surface area contributed by atoms with Gasteiger partial charge in [-0.25, -0.2) is 0 Å². The number of aromatic hydroxyl groups is 1. The molecule has 0 atom stereocenters. The van der Waals surface area contributed by atoms with Crippen LogP contribution in [0.4, 0.5) is 0 Å². The Kier molecular flexibility index (Phi) is 2.59. The van der Waals surface area contributed by atoms with Crippen LogP contribution in [0.3, 0.4) is 0 Å². The van der Waals surface area contributed by atoms with Crippen molar-refractivity contribution in [1.82, 2.24) is 0 Å². The molecule has 0 spiro atoms. The molecule has 0 aliphatic rings. The van der Waals surface area contributed by atoms with Gasteiger partial charge >= 0.3 is 0 Å². The molecule has 2 N–H and O–H groups in total. The Hall–Kier alpha value is -1.40. The molecule has 0 amide bonds. The summed E-state index contributed by atoms with van der Waals surface area (Å²) in [7, 11) is -4.50. The van der Waals surface area contributed by atoms with Gasteiger partial charge in [-0.1, -0.05) is 0 Å². The molecule has 76 valence electrons. The van der Waals surface area contributed by atoms with Crippen LogP contribution in [0.1, 0.15) is 15.9 Å². The fourth-order valence-corrected chi connectivity index (χ4v) is 1.76. The average molecular weight is 216 g/mol. The molecule has 1 aromatic rings. The third-order valence-corrected chi connectivity index (χ3v) is 2.52. The van der Waals surface area contributed by atoms with Crippen LogP contribution in [0, 0.1) is 6.92 Å². The third-order valence-electron chi connectivity index (χ3n) is 1.65. The summed E-state index contributed by atoms with van der Waals surface area (Å²) in [6.07, 6.45) is 0.316. The van der Waals surface area contributed by atoms with E-state index in [4.69, 9.17) is 4.55 Å². The Morgan fingerprint density at radius 2 is 1.93 bits per heavy atom. The molecule has 1 aromatic carbocycles. The number of phenolic OH excluding ortho intramolecular Hbond substituents is 1. The predicted molar refractivity (Wildman–Crippen MR) is 48.0 cm³/mol. The highest BCUT2D eigenvalue weighted by molar-refractivity contribution is 7.86. The highest BCUT2D eigenvalue weighted by Gasteiger charge is 2.18. The van der Waals surface area contributed by atoms with E-state index in [0.717, 1.165) is 6.07 Å². The van der Waals surface area contributed by atoms with Crippen LogP contribution in [0.2, 0.25) is 0 Å². The van der Waals surface area contributed by atoms with Crippen molar-refractivity contribution in [3.8, 4) is 5.75 Å². The molecule has 1 rings (SSSR count). The first kappa shape index (κ1) is 10.7. The van der Waals surface area contributed by atoms with Crippen molar-refractivity contribution in [2.75, 3.05) is 0 Å². The van der Waals surface area contributed by atoms with Gasteiger partial charge in [0.1, 0.15) is 10.6 Å². The molecule has 0 unspecified atom stereocenters. The molecule has 0 aliphatic heterocycles. The molecule has 0 bridgehead atoms. The second-order valence-corrected chi connectivity index (χ2v) is 4.18. The zero-order valence-corrected chi connectivity index (χ0v) is 8.08. The Morgan fingerprint density at radius 1 is 1.36 bits per heavy atom. The number of hydrogen-bond acceptors (Lipinski definition) is 4. The second kappa shape index (κ2) is 3.39. The van der Waals surface area contributed by atoms with Gasteiger partial charge in [-0.15, -0.1) is 0 Å². The Labute approximate surface area is 80.7 Å². The van der Waals surface area contributed by atoms with Crippen molar-refractivity contribution in [3.05, 3.63) is 23.3 Å². The van der Waals surface area contributed by atoms with Gasteiger partial charge < -0.3 is 5.11 Å². The summed E-state index contributed by atoms with van der Waals surface area (Å²) < 4.78 is 30.2. The van der Waals surface area contributed by atoms with E-state index in [-0.39, 0.29) is 5.56 Å². The number of hydrogen-bond donors (Lipinski definition) is 2. The van der Waals surface area contributed by atoms with Crippen LogP contribution in [-0.2, 0) is 10.1 Å². The van der Waals surface area contributed by atoms with Gasteiger partial charge in [0.15, 0.2) is 6.29 Å². The maximum absolute atomic E-state index is 10.8. The summed E-state index contributed by atoms with van der Waals surface area (Å²) in [5.74, 6) is -0.729. The van der Waals surface area contributed by atoms with Gasteiger partial charge in [0.2, 0.25) is 0 Å². The molecule has 0 saturated heterocycles. The lowest BCUT2D eigenvalue weighted by atomic mass is 10.1. The lowest BCUT2D eigenvalue weighted by Gasteiger charge is -2.04. The summed E-state index contributed by atoms with van der Waals surface area (Å²) >= 11 is 0. The van der Waals surface area contributed by atoms with E-state index in [1.54, 1.807) is 6.92 Å². The van der Waals surface area contributed by atoms with Gasteiger partial charge in [0.05, 0.1) is 5.56 Å². The fourth-order valence-electron chi connectivity index (χ4n) is 1.06. The summed E-state index contributed by atoms with van der Waals surface area (Å²) in [4.78, 5) is 9.77. The van der Waals surface area contributed by atoms with Crippen molar-refractivity contribution in [2.45, 2.75) is 11.8 Å². The molecule has 0 aliphatic carbocycles. The quantitative estimate of drug-likeness (QED) is 0.562. The first-order chi connectivity index (χ1) is 6.36. The summed E-state index contributed by atoms with van der Waals surface area (Å²) in [6.45, 7) is 1.54. The molecule has 6 heteroatoms. The SMILES string of the molecule is Cc1cc(C=O)c(O)c(S(=O)(=O)O)c1. The second-order valence-electron chi connectivity index (χ2n) is 2.79. The van der Waals surface area contributed by atoms with Gasteiger partial charge in [0.25, 0.3) is 10.1 Å². The third kappa shape index (κ3) is 1.91. The number of carbonyl (C=O) groups is 1. The molecule has 0 radical (unpaired) electrons. The van der Waals surface area contributed by atoms with Crippen molar-refractivity contribution in [2.24, 2.45) is 0 Å². The standard InChI is InChI=1S/C8H8O5S/c1-5-2-6(4-9)8(10)7(3-5)14(11,12)13/h2-4,10H,1H3,(H,11,12,13). The minimum atomic E-state index is -4.50. The lowest BCUT2D eigenvalue weighted by molar-refractivity contribution is 0.112. The molecule has 0 saturated carbocycles. The van der Waals surface area contributed by atoms with Crippen molar-refractivity contribution >= 4 is 16.4 Å². The van der Waals surface area contributed by atoms with E-state index >= 15 is 0 Å². The van der Waals surface area contributed by atoms with Crippen molar-refractivity contribution < 1.29 is 22.9 Å². The normalized spacial score (nSPS) is 11.3. The molecule has 0 fully saturated rings. The van der Waals surface area contributed by atoms with Gasteiger partial charge in [0, 0.05) is 0 Å². The van der Waals surface area contributed by atoms with E-state index < -0.39 is 20.8 Å². The molecule has 14 heavy (non-hydrogen) atoms. The van der Waals surface area contributed by atoms with Gasteiger partial charge in [-0.3, -0.25) is 9.35 Å². The zero-order chi connectivity index (χ0) is 10.9.